The van der Waals surface area contributed by atoms with Gasteiger partial charge in [-0.1, -0.05) is 31.2 Å². The number of rotatable bonds is 2. The molecule has 1 saturated heterocycles. The van der Waals surface area contributed by atoms with Crippen LogP contribution < -0.4 is 4.74 Å². The van der Waals surface area contributed by atoms with Gasteiger partial charge in [0.1, 0.15) is 0 Å². The van der Waals surface area contributed by atoms with E-state index in [9.17, 15) is 10.2 Å². The third-order valence-corrected chi connectivity index (χ3v) is 8.38. The van der Waals surface area contributed by atoms with Gasteiger partial charge in [0.2, 0.25) is 0 Å². The number of fused-ring (bicyclic) bond motifs is 3. The molecule has 0 saturated carbocycles. The van der Waals surface area contributed by atoms with Crippen LogP contribution >= 0.6 is 0 Å². The van der Waals surface area contributed by atoms with Crippen LogP contribution in [-0.2, 0) is 18.3 Å². The summed E-state index contributed by atoms with van der Waals surface area (Å²) >= 11 is 0. The molecule has 0 radical (unpaired) electrons. The molecule has 2 N–H and O–H groups in total. The number of phenols is 1. The first-order chi connectivity index (χ1) is 15.1. The van der Waals surface area contributed by atoms with Crippen LogP contribution in [0.15, 0.2) is 42.5 Å². The molecule has 5 nitrogen and oxygen atoms in total. The third kappa shape index (κ3) is 1.98. The van der Waals surface area contributed by atoms with E-state index >= 15 is 0 Å². The summed E-state index contributed by atoms with van der Waals surface area (Å²) < 4.78 is 6.55. The van der Waals surface area contributed by atoms with Gasteiger partial charge in [-0.3, -0.25) is 4.90 Å². The van der Waals surface area contributed by atoms with E-state index in [1.54, 1.807) is 6.07 Å². The number of ether oxygens (including phenoxy) is 1. The molecule has 4 unspecified atom stereocenters. The Bertz CT molecular complexity index is 1260. The van der Waals surface area contributed by atoms with Crippen molar-refractivity contribution in [3.05, 3.63) is 64.8 Å². The lowest BCUT2D eigenvalue weighted by Crippen LogP contribution is -2.74. The summed E-state index contributed by atoms with van der Waals surface area (Å²) in [5.74, 6) is 0.729. The maximum Gasteiger partial charge on any atom is 0.166 e. The second-order valence-corrected chi connectivity index (χ2v) is 9.75. The van der Waals surface area contributed by atoms with Crippen LogP contribution in [0.2, 0.25) is 0 Å². The topological polar surface area (TPSA) is 65.8 Å². The molecule has 5 heteroatoms. The van der Waals surface area contributed by atoms with Gasteiger partial charge in [0.05, 0.1) is 22.2 Å². The predicted octanol–water partition coefficient (Wildman–Crippen LogP) is 3.64. The lowest BCUT2D eigenvalue weighted by Gasteiger charge is -2.62. The highest BCUT2D eigenvalue weighted by molar-refractivity contribution is 5.80. The van der Waals surface area contributed by atoms with E-state index in [2.05, 4.69) is 24.0 Å². The molecule has 1 spiro atoms. The normalized spacial score (nSPS) is 32.5. The number of nitrogens with zero attached hydrogens (tertiary/aromatic N) is 2. The zero-order chi connectivity index (χ0) is 21.0. The largest absolute Gasteiger partial charge is 0.504 e. The molecule has 1 fully saturated rings. The van der Waals surface area contributed by atoms with Crippen molar-refractivity contribution in [2.24, 2.45) is 0 Å². The number of hydrogen-bond acceptors (Lipinski definition) is 5. The van der Waals surface area contributed by atoms with Crippen LogP contribution in [0.25, 0.3) is 10.9 Å². The SMILES string of the molecule is CCCN1CCC23c4c5ccc(O)c4OC2c2nc4ccccc4cc2CC3(O)C1C5. The van der Waals surface area contributed by atoms with Gasteiger partial charge < -0.3 is 14.9 Å². The number of aromatic nitrogens is 1. The van der Waals surface area contributed by atoms with E-state index in [1.807, 2.05) is 24.3 Å². The molecule has 2 aromatic carbocycles. The van der Waals surface area contributed by atoms with Crippen molar-refractivity contribution in [1.29, 1.82) is 0 Å². The average Bonchev–Trinajstić information content (AvgIpc) is 3.12. The Labute approximate surface area is 181 Å². The second-order valence-electron chi connectivity index (χ2n) is 9.75. The van der Waals surface area contributed by atoms with Crippen molar-refractivity contribution in [2.75, 3.05) is 13.1 Å². The van der Waals surface area contributed by atoms with E-state index in [4.69, 9.17) is 9.72 Å². The maximum absolute atomic E-state index is 12.6. The fourth-order valence-corrected chi connectivity index (χ4v) is 7.19. The summed E-state index contributed by atoms with van der Waals surface area (Å²) in [5.41, 5.74) is 3.67. The fraction of sp³-hybridized carbons (Fsp3) is 0.423. The van der Waals surface area contributed by atoms with Crippen molar-refractivity contribution in [3.63, 3.8) is 0 Å². The summed E-state index contributed by atoms with van der Waals surface area (Å²) in [6, 6.07) is 14.2. The van der Waals surface area contributed by atoms with Gasteiger partial charge in [-0.15, -0.1) is 0 Å². The van der Waals surface area contributed by atoms with Crippen LogP contribution in [-0.4, -0.2) is 44.8 Å². The minimum Gasteiger partial charge on any atom is -0.504 e. The lowest BCUT2D eigenvalue weighted by molar-refractivity contribution is -0.172. The number of hydrogen-bond donors (Lipinski definition) is 2. The number of aliphatic hydroxyl groups is 1. The molecule has 4 atom stereocenters. The summed E-state index contributed by atoms with van der Waals surface area (Å²) in [4.78, 5) is 7.54. The van der Waals surface area contributed by atoms with Crippen molar-refractivity contribution < 1.29 is 14.9 Å². The minimum absolute atomic E-state index is 0.0370. The zero-order valence-corrected chi connectivity index (χ0v) is 17.6. The predicted molar refractivity (Wildman–Crippen MR) is 118 cm³/mol. The Hall–Kier alpha value is -2.63. The van der Waals surface area contributed by atoms with Crippen LogP contribution in [0.4, 0.5) is 0 Å². The number of aromatic hydroxyl groups is 1. The van der Waals surface area contributed by atoms with Crippen molar-refractivity contribution >= 4 is 10.9 Å². The van der Waals surface area contributed by atoms with Crippen LogP contribution in [0.3, 0.4) is 0 Å². The molecule has 0 amide bonds. The highest BCUT2D eigenvalue weighted by Crippen LogP contribution is 2.68. The molecule has 7 rings (SSSR count). The van der Waals surface area contributed by atoms with Gasteiger partial charge >= 0.3 is 0 Å². The number of pyridine rings is 1. The first-order valence-electron chi connectivity index (χ1n) is 11.4. The van der Waals surface area contributed by atoms with Gasteiger partial charge in [-0.05, 0) is 61.7 Å². The van der Waals surface area contributed by atoms with Crippen LogP contribution in [0.1, 0.15) is 48.3 Å². The van der Waals surface area contributed by atoms with Gasteiger partial charge in [-0.2, -0.15) is 0 Å². The van der Waals surface area contributed by atoms with Crippen molar-refractivity contribution in [3.8, 4) is 11.5 Å². The minimum atomic E-state index is -0.950. The molecule has 1 aromatic heterocycles. The molecule has 3 aromatic rings. The second kappa shape index (κ2) is 5.78. The highest BCUT2D eigenvalue weighted by atomic mass is 16.5. The molecule has 4 aliphatic rings. The summed E-state index contributed by atoms with van der Waals surface area (Å²) in [6.07, 6.45) is 2.85. The Morgan fingerprint density at radius 3 is 2.94 bits per heavy atom. The molecular formula is C26H26N2O3. The standard InChI is InChI=1S/C26H26N2O3/c1-2-10-28-11-9-25-21-16-7-8-19(29)23(21)31-24(25)22-17(14-26(25,30)20(28)13-16)12-15-5-3-4-6-18(15)27-22/h3-8,12,20,24,29-30H,2,9-11,13-14H2,1H3. The average molecular weight is 415 g/mol. The number of benzene rings is 2. The Balaban J connectivity index is 1.54. The number of likely N-dealkylation sites (tertiary alicyclic amines) is 1. The van der Waals surface area contributed by atoms with Gasteiger partial charge in [0.15, 0.2) is 17.6 Å². The van der Waals surface area contributed by atoms with Crippen molar-refractivity contribution in [1.82, 2.24) is 9.88 Å². The van der Waals surface area contributed by atoms with Gasteiger partial charge in [0, 0.05) is 23.4 Å². The molecule has 2 aliphatic heterocycles. The number of para-hydroxylation sites is 1. The smallest absolute Gasteiger partial charge is 0.166 e. The Kier molecular flexibility index (Phi) is 3.36. The maximum atomic E-state index is 12.6. The third-order valence-electron chi connectivity index (χ3n) is 8.38. The van der Waals surface area contributed by atoms with Gasteiger partial charge in [-0.25, -0.2) is 4.98 Å². The highest BCUT2D eigenvalue weighted by Gasteiger charge is 2.72. The van der Waals surface area contributed by atoms with Gasteiger partial charge in [0.25, 0.3) is 0 Å². The van der Waals surface area contributed by atoms with Crippen LogP contribution in [0, 0.1) is 0 Å². The first-order valence-corrected chi connectivity index (χ1v) is 11.4. The monoisotopic (exact) mass is 414 g/mol. The molecule has 158 valence electrons. The quantitative estimate of drug-likeness (QED) is 0.670. The zero-order valence-electron chi connectivity index (χ0n) is 17.6. The molecule has 2 aliphatic carbocycles. The summed E-state index contributed by atoms with van der Waals surface area (Å²) in [6.45, 7) is 4.12. The Morgan fingerprint density at radius 2 is 2.06 bits per heavy atom. The van der Waals surface area contributed by atoms with E-state index in [-0.39, 0.29) is 17.9 Å². The summed E-state index contributed by atoms with van der Waals surface area (Å²) in [5, 5.41) is 24.4. The number of phenolic OH excluding ortho intramolecular Hbond substituents is 1. The molecule has 31 heavy (non-hydrogen) atoms. The van der Waals surface area contributed by atoms with E-state index < -0.39 is 11.0 Å². The Morgan fingerprint density at radius 1 is 1.19 bits per heavy atom. The van der Waals surface area contributed by atoms with Crippen molar-refractivity contribution in [2.45, 2.75) is 55.8 Å². The fourth-order valence-electron chi connectivity index (χ4n) is 7.19. The van der Waals surface area contributed by atoms with E-state index in [0.717, 1.165) is 60.1 Å². The van der Waals surface area contributed by atoms with E-state index in [1.165, 1.54) is 5.56 Å². The first kappa shape index (κ1) is 18.0. The lowest BCUT2D eigenvalue weighted by atomic mass is 9.49. The number of piperidine rings is 1. The molecule has 3 heterocycles. The molecule has 2 bridgehead atoms. The molecular weight excluding hydrogens is 388 g/mol. The van der Waals surface area contributed by atoms with E-state index in [0.29, 0.717) is 12.2 Å². The van der Waals surface area contributed by atoms with Crippen LogP contribution in [0.5, 0.6) is 11.5 Å². The summed E-state index contributed by atoms with van der Waals surface area (Å²) in [7, 11) is 0.